The van der Waals surface area contributed by atoms with Crippen LogP contribution in [-0.2, 0) is 33.0 Å². The van der Waals surface area contributed by atoms with Gasteiger partial charge < -0.3 is 9.72 Å². The van der Waals surface area contributed by atoms with Crippen molar-refractivity contribution < 1.29 is 34.7 Å². The Labute approximate surface area is 254 Å². The van der Waals surface area contributed by atoms with Crippen molar-refractivity contribution in [2.45, 2.75) is 50.2 Å². The van der Waals surface area contributed by atoms with Gasteiger partial charge in [-0.15, -0.1) is 13.2 Å². The molecule has 0 bridgehead atoms. The normalized spacial score (nSPS) is 16.7. The van der Waals surface area contributed by atoms with Gasteiger partial charge in [-0.25, -0.2) is 26.4 Å². The van der Waals surface area contributed by atoms with Crippen LogP contribution in [-0.4, -0.2) is 68.8 Å². The van der Waals surface area contributed by atoms with Crippen molar-refractivity contribution >= 4 is 54.0 Å². The second-order valence-electron chi connectivity index (χ2n) is 10.0. The minimum Gasteiger partial charge on any atom is -0.405 e. The topological polar surface area (TPSA) is 148 Å². The predicted octanol–water partition coefficient (Wildman–Crippen LogP) is 3.25. The van der Waals surface area contributed by atoms with E-state index in [-0.39, 0.29) is 56.5 Å². The van der Waals surface area contributed by atoms with Crippen molar-refractivity contribution in [3.8, 4) is 5.75 Å². The minimum absolute atomic E-state index is 0.0142. The number of sulfone groups is 1. The maximum absolute atomic E-state index is 13.5. The van der Waals surface area contributed by atoms with Crippen LogP contribution in [0.4, 0.5) is 13.2 Å². The van der Waals surface area contributed by atoms with Gasteiger partial charge in [-0.2, -0.15) is 0 Å². The molecule has 0 radical (unpaired) electrons. The predicted molar refractivity (Wildman–Crippen MR) is 155 cm³/mol. The molecule has 1 aliphatic rings. The van der Waals surface area contributed by atoms with E-state index in [0.29, 0.717) is 24.0 Å². The fourth-order valence-electron chi connectivity index (χ4n) is 4.96. The van der Waals surface area contributed by atoms with Crippen LogP contribution in [0.2, 0.25) is 10.0 Å². The molecule has 11 nitrogen and oxygen atoms in total. The number of H-pyrrole nitrogens is 1. The van der Waals surface area contributed by atoms with E-state index in [1.54, 1.807) is 4.90 Å². The van der Waals surface area contributed by atoms with Crippen LogP contribution >= 0.6 is 23.2 Å². The number of rotatable bonds is 10. The number of aromatic nitrogens is 2. The Morgan fingerprint density at radius 2 is 1.81 bits per heavy atom. The Kier molecular flexibility index (Phi) is 9.59. The summed E-state index contributed by atoms with van der Waals surface area (Å²) in [6, 6.07) is 4.32. The maximum atomic E-state index is 13.5. The van der Waals surface area contributed by atoms with Gasteiger partial charge in [-0.3, -0.25) is 14.3 Å². The van der Waals surface area contributed by atoms with Crippen LogP contribution in [0.3, 0.4) is 0 Å². The zero-order valence-electron chi connectivity index (χ0n) is 22.8. The lowest BCUT2D eigenvalue weighted by Crippen LogP contribution is -2.39. The number of fused-ring (bicyclic) bond motifs is 1. The van der Waals surface area contributed by atoms with Crippen LogP contribution in [0.15, 0.2) is 38.8 Å². The number of aromatic amines is 1. The smallest absolute Gasteiger partial charge is 0.405 e. The average molecular weight is 688 g/mol. The number of hydrogen-bond acceptors (Lipinski definition) is 8. The maximum Gasteiger partial charge on any atom is 0.573 e. The Balaban J connectivity index is 1.84. The molecule has 2 aromatic carbocycles. The van der Waals surface area contributed by atoms with Gasteiger partial charge in [0.25, 0.3) is 5.56 Å². The van der Waals surface area contributed by atoms with E-state index in [4.69, 9.17) is 23.2 Å². The number of sulfonamides is 1. The molecule has 0 aliphatic carbocycles. The number of likely N-dealkylation sites (tertiary alicyclic amines) is 1. The summed E-state index contributed by atoms with van der Waals surface area (Å²) in [6.07, 6.45) is -2.98. The van der Waals surface area contributed by atoms with Gasteiger partial charge >= 0.3 is 12.1 Å². The van der Waals surface area contributed by atoms with E-state index in [2.05, 4.69) is 14.4 Å². The fourth-order valence-corrected chi connectivity index (χ4v) is 7.06. The quantitative estimate of drug-likeness (QED) is 0.330. The summed E-state index contributed by atoms with van der Waals surface area (Å²) in [5.74, 6) is -1.05. The minimum atomic E-state index is -5.17. The molecule has 0 saturated carbocycles. The van der Waals surface area contributed by atoms with Crippen molar-refractivity contribution in [2.75, 3.05) is 25.1 Å². The first-order valence-electron chi connectivity index (χ1n) is 12.8. The average Bonchev–Trinajstić information content (AvgIpc) is 3.34. The van der Waals surface area contributed by atoms with E-state index in [1.165, 1.54) is 25.1 Å². The summed E-state index contributed by atoms with van der Waals surface area (Å²) in [4.78, 5) is 30.6. The molecular weight excluding hydrogens is 660 g/mol. The molecule has 43 heavy (non-hydrogen) atoms. The molecule has 236 valence electrons. The molecule has 1 aromatic heterocycles. The van der Waals surface area contributed by atoms with Crippen LogP contribution < -0.4 is 20.7 Å². The van der Waals surface area contributed by atoms with Crippen LogP contribution in [0.1, 0.15) is 30.9 Å². The highest BCUT2D eigenvalue weighted by atomic mass is 35.5. The van der Waals surface area contributed by atoms with Crippen molar-refractivity contribution in [1.82, 2.24) is 19.2 Å². The van der Waals surface area contributed by atoms with Crippen LogP contribution in [0.5, 0.6) is 5.75 Å². The number of nitrogens with zero attached hydrogens (tertiary/aromatic N) is 2. The molecule has 2 N–H and O–H groups in total. The molecule has 1 fully saturated rings. The zero-order valence-corrected chi connectivity index (χ0v) is 25.9. The van der Waals surface area contributed by atoms with Gasteiger partial charge in [-0.1, -0.05) is 30.1 Å². The third kappa shape index (κ3) is 7.72. The molecule has 1 unspecified atom stereocenters. The standard InChI is InChI=1S/C25H27Cl2F3N4O7S2/c1-3-43(39,40)20-7-6-15(26)9-14(20)12-34-23(35)17-10-19(41-25(28,29)30)18(21(27)22(17)32-24(34)36)13-33-8-4-5-16(33)11-31-42(2,37)38/h6-7,9-10,16,31H,3-5,8,11-13H2,1-2H3,(H,32,36). The number of halogens is 5. The highest BCUT2D eigenvalue weighted by Crippen LogP contribution is 2.37. The third-order valence-corrected chi connectivity index (χ3v) is 10.2. The summed E-state index contributed by atoms with van der Waals surface area (Å²) in [6.45, 7) is 1.08. The highest BCUT2D eigenvalue weighted by Gasteiger charge is 2.35. The second-order valence-corrected chi connectivity index (χ2v) is 14.9. The van der Waals surface area contributed by atoms with Gasteiger partial charge in [0.1, 0.15) is 5.75 Å². The van der Waals surface area contributed by atoms with E-state index in [9.17, 15) is 39.6 Å². The van der Waals surface area contributed by atoms with E-state index < -0.39 is 55.2 Å². The van der Waals surface area contributed by atoms with Crippen LogP contribution in [0.25, 0.3) is 10.9 Å². The lowest BCUT2D eigenvalue weighted by molar-refractivity contribution is -0.274. The van der Waals surface area contributed by atoms with Crippen molar-refractivity contribution in [1.29, 1.82) is 0 Å². The lowest BCUT2D eigenvalue weighted by atomic mass is 10.1. The van der Waals surface area contributed by atoms with E-state index in [0.717, 1.165) is 12.3 Å². The largest absolute Gasteiger partial charge is 0.573 e. The lowest BCUT2D eigenvalue weighted by Gasteiger charge is -2.26. The molecule has 4 rings (SSSR count). The Morgan fingerprint density at radius 1 is 1.12 bits per heavy atom. The van der Waals surface area contributed by atoms with Crippen molar-refractivity contribution in [2.24, 2.45) is 0 Å². The fraction of sp³-hybridized carbons (Fsp3) is 0.440. The van der Waals surface area contributed by atoms with Gasteiger partial charge in [0.2, 0.25) is 10.0 Å². The summed E-state index contributed by atoms with van der Waals surface area (Å²) >= 11 is 12.6. The summed E-state index contributed by atoms with van der Waals surface area (Å²) < 4.78 is 96.1. The van der Waals surface area contributed by atoms with E-state index in [1.807, 2.05) is 0 Å². The summed E-state index contributed by atoms with van der Waals surface area (Å²) in [5, 5.41) is -0.640. The molecule has 1 saturated heterocycles. The first kappa shape index (κ1) is 33.3. The number of ether oxygens (including phenoxy) is 1. The van der Waals surface area contributed by atoms with Crippen LogP contribution in [0, 0.1) is 0 Å². The first-order valence-corrected chi connectivity index (χ1v) is 17.1. The summed E-state index contributed by atoms with van der Waals surface area (Å²) in [7, 11) is -7.32. The highest BCUT2D eigenvalue weighted by molar-refractivity contribution is 7.91. The zero-order chi connectivity index (χ0) is 31.9. The number of benzene rings is 2. The Morgan fingerprint density at radius 3 is 2.44 bits per heavy atom. The van der Waals surface area contributed by atoms with Gasteiger partial charge in [-0.05, 0) is 49.2 Å². The van der Waals surface area contributed by atoms with Crippen molar-refractivity contribution in [3.05, 3.63) is 66.3 Å². The molecule has 1 atom stereocenters. The third-order valence-electron chi connectivity index (χ3n) is 7.01. The Bertz CT molecular complexity index is 1900. The second kappa shape index (κ2) is 12.4. The van der Waals surface area contributed by atoms with Gasteiger partial charge in [0.15, 0.2) is 9.84 Å². The number of alkyl halides is 3. The molecule has 0 spiro atoms. The summed E-state index contributed by atoms with van der Waals surface area (Å²) in [5.41, 5.74) is -2.42. The molecule has 3 aromatic rings. The van der Waals surface area contributed by atoms with E-state index >= 15 is 0 Å². The number of nitrogens with one attached hydrogen (secondary N) is 2. The molecule has 1 aliphatic heterocycles. The monoisotopic (exact) mass is 686 g/mol. The van der Waals surface area contributed by atoms with Gasteiger partial charge in [0, 0.05) is 29.7 Å². The first-order chi connectivity index (χ1) is 19.9. The molecule has 0 amide bonds. The number of hydrogen-bond donors (Lipinski definition) is 2. The SMILES string of the molecule is CCS(=O)(=O)c1ccc(Cl)cc1Cn1c(=O)[nH]c2c(Cl)c(CN3CCCC3CNS(C)(=O)=O)c(OC(F)(F)F)cc2c1=O. The Hall–Kier alpha value is -2.63. The van der Waals surface area contributed by atoms with Gasteiger partial charge in [0.05, 0.1) is 39.4 Å². The van der Waals surface area contributed by atoms with Crippen molar-refractivity contribution in [3.63, 3.8) is 0 Å². The molecular formula is C25H27Cl2F3N4O7S2. The molecule has 2 heterocycles. The molecule has 18 heteroatoms.